The van der Waals surface area contributed by atoms with Crippen LogP contribution in [0.1, 0.15) is 44.6 Å². The number of rotatable bonds is 17. The lowest BCUT2D eigenvalue weighted by Crippen LogP contribution is -2.40. The average molecular weight is 647 g/mol. The maximum atomic E-state index is 12.3. The molecular formula is C32H39ClN2O10. The van der Waals surface area contributed by atoms with E-state index in [1.54, 1.807) is 36.4 Å². The smallest absolute Gasteiger partial charge is 0.333 e. The molecule has 1 amide bonds. The molecule has 4 N–H and O–H groups in total. The minimum Gasteiger partial charge on any atom is -0.491 e. The maximum absolute atomic E-state index is 12.3. The van der Waals surface area contributed by atoms with Crippen LogP contribution in [0.3, 0.4) is 0 Å². The Morgan fingerprint density at radius 1 is 1.13 bits per heavy atom. The van der Waals surface area contributed by atoms with Crippen molar-refractivity contribution in [2.24, 2.45) is 11.8 Å². The second-order valence-corrected chi connectivity index (χ2v) is 11.2. The minimum atomic E-state index is -0.905. The molecule has 1 unspecified atom stereocenters. The second kappa shape index (κ2) is 18.1. The molecule has 2 aromatic rings. The molecule has 244 valence electrons. The van der Waals surface area contributed by atoms with E-state index in [9.17, 15) is 35.0 Å². The van der Waals surface area contributed by atoms with Crippen LogP contribution in [0.2, 0.25) is 5.02 Å². The molecule has 2 aromatic carbocycles. The first-order chi connectivity index (χ1) is 21.5. The first kappa shape index (κ1) is 35.5. The summed E-state index contributed by atoms with van der Waals surface area (Å²) < 4.78 is 10.8. The van der Waals surface area contributed by atoms with Gasteiger partial charge >= 0.3 is 5.97 Å². The summed E-state index contributed by atoms with van der Waals surface area (Å²) in [6, 6.07) is 12.0. The number of benzene rings is 2. The SMILES string of the molecule is CC(NC(=O)CCCC=CC[C@@H]1[C@@H](C=C[C@@H](O)COc2cccc(Cl)c2)[C@H](O)C[C@@H]1O)C(=O)Oc1ccc(CO[N+](=O)[O-])cc1. The Balaban J connectivity index is 1.35. The van der Waals surface area contributed by atoms with Crippen molar-refractivity contribution >= 4 is 23.5 Å². The summed E-state index contributed by atoms with van der Waals surface area (Å²) in [6.45, 7) is 1.30. The number of halogens is 1. The Hall–Kier alpha value is -3.97. The van der Waals surface area contributed by atoms with Crippen molar-refractivity contribution < 1.29 is 44.3 Å². The zero-order chi connectivity index (χ0) is 32.8. The van der Waals surface area contributed by atoms with Crippen molar-refractivity contribution in [1.82, 2.24) is 5.32 Å². The van der Waals surface area contributed by atoms with Crippen LogP contribution < -0.4 is 14.8 Å². The summed E-state index contributed by atoms with van der Waals surface area (Å²) in [5.41, 5.74) is 0.530. The minimum absolute atomic E-state index is 0.0136. The highest BCUT2D eigenvalue weighted by molar-refractivity contribution is 6.30. The maximum Gasteiger partial charge on any atom is 0.333 e. The first-order valence-corrected chi connectivity index (χ1v) is 15.0. The van der Waals surface area contributed by atoms with Crippen LogP contribution in [0, 0.1) is 22.0 Å². The van der Waals surface area contributed by atoms with Crippen molar-refractivity contribution in [3.8, 4) is 11.5 Å². The van der Waals surface area contributed by atoms with Gasteiger partial charge in [-0.05, 0) is 68.0 Å². The van der Waals surface area contributed by atoms with Gasteiger partial charge < -0.3 is 34.9 Å². The fraction of sp³-hybridized carbons (Fsp3) is 0.438. The zero-order valence-corrected chi connectivity index (χ0v) is 25.6. The largest absolute Gasteiger partial charge is 0.491 e. The number of unbranched alkanes of at least 4 members (excludes halogenated alkanes) is 1. The number of hydrogen-bond donors (Lipinski definition) is 4. The predicted octanol–water partition coefficient (Wildman–Crippen LogP) is 3.93. The Labute approximate surface area is 266 Å². The van der Waals surface area contributed by atoms with E-state index in [1.807, 2.05) is 12.2 Å². The molecular weight excluding hydrogens is 608 g/mol. The van der Waals surface area contributed by atoms with E-state index in [2.05, 4.69) is 10.2 Å². The van der Waals surface area contributed by atoms with Crippen LogP contribution in [-0.4, -0.2) is 63.2 Å². The zero-order valence-electron chi connectivity index (χ0n) is 24.9. The van der Waals surface area contributed by atoms with Gasteiger partial charge in [-0.25, -0.2) is 4.79 Å². The summed E-state index contributed by atoms with van der Waals surface area (Å²) in [4.78, 5) is 39.2. The first-order valence-electron chi connectivity index (χ1n) is 14.6. The topological polar surface area (TPSA) is 178 Å². The number of nitrogens with zero attached hydrogens (tertiary/aromatic N) is 1. The Bertz CT molecular complexity index is 1320. The molecule has 0 bridgehead atoms. The monoisotopic (exact) mass is 646 g/mol. The number of carbonyl (C=O) groups is 2. The summed E-state index contributed by atoms with van der Waals surface area (Å²) in [5, 5.41) is 43.8. The molecule has 0 aliphatic heterocycles. The molecule has 1 aliphatic rings. The van der Waals surface area contributed by atoms with Crippen LogP contribution in [0.5, 0.6) is 11.5 Å². The molecule has 13 heteroatoms. The number of ether oxygens (including phenoxy) is 2. The third-order valence-electron chi connectivity index (χ3n) is 7.25. The van der Waals surface area contributed by atoms with Gasteiger partial charge in [-0.3, -0.25) is 4.79 Å². The molecule has 3 rings (SSSR count). The van der Waals surface area contributed by atoms with E-state index in [4.69, 9.17) is 21.1 Å². The second-order valence-electron chi connectivity index (χ2n) is 10.8. The van der Waals surface area contributed by atoms with Gasteiger partial charge in [-0.1, -0.05) is 54.1 Å². The standard InChI is InChI=1S/C32H39ClN2O10/c1-21(32(40)45-25-14-11-22(12-15-25)19-44-35(41)42)34-31(39)10-5-3-2-4-9-27-28(30(38)18-29(27)37)16-13-24(36)20-43-26-8-6-7-23(33)17-26/h2,4,6-8,11-17,21,24,27-30,36-38H,3,5,9-10,18-20H2,1H3,(H,34,39)/t21?,24-,27-,28-,29+,30-/m1/s1. The normalized spacial score (nSPS) is 21.0. The highest BCUT2D eigenvalue weighted by Crippen LogP contribution is 2.36. The van der Waals surface area contributed by atoms with Gasteiger partial charge in [-0.2, -0.15) is 0 Å². The quantitative estimate of drug-likeness (QED) is 0.0492. The molecule has 0 heterocycles. The van der Waals surface area contributed by atoms with E-state index in [1.165, 1.54) is 31.2 Å². The molecule has 1 saturated carbocycles. The van der Waals surface area contributed by atoms with Crippen LogP contribution in [0.15, 0.2) is 72.8 Å². The Morgan fingerprint density at radius 2 is 1.89 bits per heavy atom. The summed E-state index contributed by atoms with van der Waals surface area (Å²) in [7, 11) is 0. The highest BCUT2D eigenvalue weighted by atomic mass is 35.5. The number of aliphatic hydroxyl groups is 3. The van der Waals surface area contributed by atoms with Gasteiger partial charge in [0.25, 0.3) is 5.09 Å². The molecule has 45 heavy (non-hydrogen) atoms. The lowest BCUT2D eigenvalue weighted by atomic mass is 9.89. The van der Waals surface area contributed by atoms with E-state index >= 15 is 0 Å². The van der Waals surface area contributed by atoms with E-state index in [0.29, 0.717) is 35.6 Å². The number of nitrogens with one attached hydrogen (secondary N) is 1. The molecule has 0 spiro atoms. The van der Waals surface area contributed by atoms with Gasteiger partial charge in [0, 0.05) is 23.8 Å². The number of hydrogen-bond acceptors (Lipinski definition) is 10. The Kier molecular flexibility index (Phi) is 14.3. The van der Waals surface area contributed by atoms with Gasteiger partial charge in [0.1, 0.15) is 36.9 Å². The number of carbonyl (C=O) groups excluding carboxylic acids is 2. The highest BCUT2D eigenvalue weighted by Gasteiger charge is 2.39. The van der Waals surface area contributed by atoms with Crippen LogP contribution in [0.25, 0.3) is 0 Å². The summed E-state index contributed by atoms with van der Waals surface area (Å²) >= 11 is 5.94. The van der Waals surface area contributed by atoms with E-state index in [0.717, 1.165) is 0 Å². The lowest BCUT2D eigenvalue weighted by Gasteiger charge is -2.19. The molecule has 0 aromatic heterocycles. The molecule has 0 saturated heterocycles. The molecule has 0 radical (unpaired) electrons. The predicted molar refractivity (Wildman–Crippen MR) is 165 cm³/mol. The molecule has 12 nitrogen and oxygen atoms in total. The van der Waals surface area contributed by atoms with Gasteiger partial charge in [-0.15, -0.1) is 10.1 Å². The van der Waals surface area contributed by atoms with Gasteiger partial charge in [0.15, 0.2) is 0 Å². The van der Waals surface area contributed by atoms with Crippen molar-refractivity contribution in [2.75, 3.05) is 6.61 Å². The average Bonchev–Trinajstić information content (AvgIpc) is 3.27. The molecule has 6 atom stereocenters. The third kappa shape index (κ3) is 12.5. The fourth-order valence-electron chi connectivity index (χ4n) is 4.87. The van der Waals surface area contributed by atoms with Crippen molar-refractivity contribution in [3.05, 3.63) is 93.5 Å². The number of amides is 1. The van der Waals surface area contributed by atoms with Crippen LogP contribution in [-0.2, 0) is 21.0 Å². The fourth-order valence-corrected chi connectivity index (χ4v) is 5.05. The summed E-state index contributed by atoms with van der Waals surface area (Å²) in [6.07, 6.45) is 6.89. The van der Waals surface area contributed by atoms with E-state index < -0.39 is 35.4 Å². The molecule has 1 aliphatic carbocycles. The summed E-state index contributed by atoms with van der Waals surface area (Å²) in [5.74, 6) is -0.759. The van der Waals surface area contributed by atoms with Crippen LogP contribution >= 0.6 is 11.6 Å². The van der Waals surface area contributed by atoms with E-state index in [-0.39, 0.29) is 49.5 Å². The Morgan fingerprint density at radius 3 is 2.60 bits per heavy atom. The number of esters is 1. The number of aliphatic hydroxyl groups excluding tert-OH is 3. The van der Waals surface area contributed by atoms with Crippen LogP contribution in [0.4, 0.5) is 0 Å². The number of allylic oxidation sites excluding steroid dienone is 2. The van der Waals surface area contributed by atoms with Gasteiger partial charge in [0.2, 0.25) is 5.91 Å². The van der Waals surface area contributed by atoms with Crippen molar-refractivity contribution in [3.63, 3.8) is 0 Å². The lowest BCUT2D eigenvalue weighted by molar-refractivity contribution is -0.763. The van der Waals surface area contributed by atoms with Gasteiger partial charge in [0.05, 0.1) is 12.2 Å². The third-order valence-corrected chi connectivity index (χ3v) is 7.48. The molecule has 1 fully saturated rings. The van der Waals surface area contributed by atoms with Crippen molar-refractivity contribution in [2.45, 2.75) is 70.0 Å². The van der Waals surface area contributed by atoms with Crippen molar-refractivity contribution in [1.29, 1.82) is 0 Å².